The number of benzene rings is 1. The molecule has 4 aromatic rings. The minimum Gasteiger partial charge on any atom is -0.377 e. The quantitative estimate of drug-likeness (QED) is 0.368. The van der Waals surface area contributed by atoms with Gasteiger partial charge in [-0.2, -0.15) is 0 Å². The second-order valence-electron chi connectivity index (χ2n) is 10.0. The number of hydrogen-bond acceptors (Lipinski definition) is 9. The van der Waals surface area contributed by atoms with Gasteiger partial charge in [0.1, 0.15) is 18.1 Å². The van der Waals surface area contributed by atoms with Crippen LogP contribution < -0.4 is 10.2 Å². The number of halogens is 1. The lowest BCUT2D eigenvalue weighted by atomic mass is 10.1. The van der Waals surface area contributed by atoms with Gasteiger partial charge in [0, 0.05) is 30.8 Å². The van der Waals surface area contributed by atoms with Gasteiger partial charge in [0.15, 0.2) is 9.84 Å². The molecule has 41 heavy (non-hydrogen) atoms. The van der Waals surface area contributed by atoms with E-state index in [2.05, 4.69) is 10.3 Å². The van der Waals surface area contributed by atoms with Crippen LogP contribution in [0.15, 0.2) is 65.7 Å². The number of alkyl halides is 1. The molecular formula is C29H28FN5O5S. The summed E-state index contributed by atoms with van der Waals surface area (Å²) >= 11 is 0. The second kappa shape index (κ2) is 11.1. The molecule has 0 saturated carbocycles. The van der Waals surface area contributed by atoms with Crippen LogP contribution in [0.25, 0.3) is 22.3 Å². The molecule has 1 amide bonds. The molecule has 0 bridgehead atoms. The first-order valence-corrected chi connectivity index (χ1v) is 14.8. The Kier molecular flexibility index (Phi) is 7.37. The molecule has 0 radical (unpaired) electrons. The molecular weight excluding hydrogens is 549 g/mol. The van der Waals surface area contributed by atoms with E-state index in [1.807, 2.05) is 35.2 Å². The first-order chi connectivity index (χ1) is 19.8. The summed E-state index contributed by atoms with van der Waals surface area (Å²) < 4.78 is 49.9. The Morgan fingerprint density at radius 3 is 2.80 bits per heavy atom. The Balaban J connectivity index is 1.19. The molecule has 5 heterocycles. The number of carbonyl (C=O) groups is 1. The van der Waals surface area contributed by atoms with Gasteiger partial charge in [-0.3, -0.25) is 9.78 Å². The van der Waals surface area contributed by atoms with Crippen molar-refractivity contribution in [3.63, 3.8) is 0 Å². The molecule has 1 saturated heterocycles. The number of methoxy groups -OCH3 is 1. The second-order valence-corrected chi connectivity index (χ2v) is 12.1. The molecule has 0 spiro atoms. The zero-order valence-electron chi connectivity index (χ0n) is 22.3. The molecule has 1 fully saturated rings. The normalized spacial score (nSPS) is 20.0. The van der Waals surface area contributed by atoms with Gasteiger partial charge in [0.05, 0.1) is 59.6 Å². The summed E-state index contributed by atoms with van der Waals surface area (Å²) in [7, 11) is -2.01. The molecule has 12 heteroatoms. The molecule has 3 aromatic heterocycles. The van der Waals surface area contributed by atoms with Crippen molar-refractivity contribution < 1.29 is 27.1 Å². The topological polar surface area (TPSA) is 124 Å². The summed E-state index contributed by atoms with van der Waals surface area (Å²) in [6, 6.07) is 15.7. The number of carbonyl (C=O) groups excluding carboxylic acids is 1. The number of hydrogen-bond donors (Lipinski definition) is 1. The van der Waals surface area contributed by atoms with E-state index in [1.54, 1.807) is 24.4 Å². The Hall–Kier alpha value is -4.00. The highest BCUT2D eigenvalue weighted by atomic mass is 32.2. The number of nitrogens with zero attached hydrogens (tertiary/aromatic N) is 4. The summed E-state index contributed by atoms with van der Waals surface area (Å²) in [6.07, 6.45) is 0.128. The van der Waals surface area contributed by atoms with Crippen LogP contribution >= 0.6 is 0 Å². The van der Waals surface area contributed by atoms with Crippen LogP contribution in [-0.4, -0.2) is 74.1 Å². The van der Waals surface area contributed by atoms with E-state index in [4.69, 9.17) is 19.4 Å². The molecule has 2 aliphatic rings. The minimum atomic E-state index is -3.52. The van der Waals surface area contributed by atoms with Crippen molar-refractivity contribution in [3.8, 4) is 11.4 Å². The highest BCUT2D eigenvalue weighted by Crippen LogP contribution is 2.26. The molecule has 6 rings (SSSR count). The van der Waals surface area contributed by atoms with E-state index in [-0.39, 0.29) is 42.5 Å². The lowest BCUT2D eigenvalue weighted by Crippen LogP contribution is -2.24. The van der Waals surface area contributed by atoms with Crippen molar-refractivity contribution in [2.24, 2.45) is 0 Å². The molecule has 2 aliphatic heterocycles. The molecule has 1 N–H and O–H groups in total. The van der Waals surface area contributed by atoms with Crippen LogP contribution in [0.3, 0.4) is 0 Å². The average Bonchev–Trinajstić information content (AvgIpc) is 3.30. The fraction of sp³-hybridized carbons (Fsp3) is 0.310. The standard InChI is InChI=1S/C29H28FN5O5S/c1-39-26-16-35(15-22(26)30)28-4-2-3-23(34-28)24-8-7-19-13-31-21(12-25(19)33-24)14-32-29(36)18-5-6-20-17-40-9-10-41(37,38)27(20)11-18/h2-8,11-13,22,26H,9-10,14-17H2,1H3,(H,32,36)/t22-,26+/m1/s1. The van der Waals surface area contributed by atoms with Crippen molar-refractivity contribution in [1.82, 2.24) is 20.3 Å². The number of pyridine rings is 3. The summed E-state index contributed by atoms with van der Waals surface area (Å²) in [5.74, 6) is 0.125. The number of aromatic nitrogens is 3. The van der Waals surface area contributed by atoms with Crippen LogP contribution in [-0.2, 0) is 32.5 Å². The summed E-state index contributed by atoms with van der Waals surface area (Å²) in [4.78, 5) is 28.8. The van der Waals surface area contributed by atoms with E-state index in [0.29, 0.717) is 40.5 Å². The third kappa shape index (κ3) is 5.63. The fourth-order valence-electron chi connectivity index (χ4n) is 5.02. The van der Waals surface area contributed by atoms with Gasteiger partial charge >= 0.3 is 0 Å². The predicted molar refractivity (Wildman–Crippen MR) is 150 cm³/mol. The van der Waals surface area contributed by atoms with E-state index >= 15 is 0 Å². The molecule has 0 unspecified atom stereocenters. The van der Waals surface area contributed by atoms with Gasteiger partial charge in [-0.1, -0.05) is 12.1 Å². The van der Waals surface area contributed by atoms with E-state index in [1.165, 1.54) is 13.2 Å². The summed E-state index contributed by atoms with van der Waals surface area (Å²) in [5, 5.41) is 3.63. The van der Waals surface area contributed by atoms with E-state index in [9.17, 15) is 17.6 Å². The number of sulfone groups is 1. The monoisotopic (exact) mass is 577 g/mol. The van der Waals surface area contributed by atoms with Crippen molar-refractivity contribution >= 4 is 32.5 Å². The van der Waals surface area contributed by atoms with Crippen molar-refractivity contribution in [3.05, 3.63) is 77.6 Å². The van der Waals surface area contributed by atoms with Crippen LogP contribution in [0.5, 0.6) is 0 Å². The molecule has 0 aliphatic carbocycles. The maximum atomic E-state index is 14.2. The zero-order valence-corrected chi connectivity index (χ0v) is 23.1. The van der Waals surface area contributed by atoms with Crippen LogP contribution in [0.4, 0.5) is 10.2 Å². The van der Waals surface area contributed by atoms with Crippen molar-refractivity contribution in [1.29, 1.82) is 0 Å². The first kappa shape index (κ1) is 27.2. The van der Waals surface area contributed by atoms with Crippen LogP contribution in [0.1, 0.15) is 21.6 Å². The smallest absolute Gasteiger partial charge is 0.251 e. The molecule has 10 nitrogen and oxygen atoms in total. The largest absolute Gasteiger partial charge is 0.377 e. The Morgan fingerprint density at radius 2 is 1.98 bits per heavy atom. The minimum absolute atomic E-state index is 0.120. The third-order valence-electron chi connectivity index (χ3n) is 7.30. The fourth-order valence-corrected chi connectivity index (χ4v) is 6.41. The highest BCUT2D eigenvalue weighted by molar-refractivity contribution is 7.91. The van der Waals surface area contributed by atoms with Gasteiger partial charge in [0.25, 0.3) is 5.91 Å². The van der Waals surface area contributed by atoms with Gasteiger partial charge in [0.2, 0.25) is 0 Å². The number of fused-ring (bicyclic) bond motifs is 2. The maximum absolute atomic E-state index is 14.2. The number of anilines is 1. The number of rotatable bonds is 6. The molecule has 212 valence electrons. The van der Waals surface area contributed by atoms with Crippen molar-refractivity contribution in [2.45, 2.75) is 30.3 Å². The van der Waals surface area contributed by atoms with Crippen LogP contribution in [0, 0.1) is 0 Å². The first-order valence-electron chi connectivity index (χ1n) is 13.2. The predicted octanol–water partition coefficient (Wildman–Crippen LogP) is 3.10. The number of nitrogens with one attached hydrogen (secondary N) is 1. The average molecular weight is 578 g/mol. The van der Waals surface area contributed by atoms with Crippen molar-refractivity contribution in [2.75, 3.05) is 37.5 Å². The van der Waals surface area contributed by atoms with E-state index in [0.717, 1.165) is 5.39 Å². The molecule has 2 atom stereocenters. The summed E-state index contributed by atoms with van der Waals surface area (Å²) in [6.45, 7) is 1.08. The van der Waals surface area contributed by atoms with Crippen LogP contribution in [0.2, 0.25) is 0 Å². The zero-order chi connectivity index (χ0) is 28.6. The number of ether oxygens (including phenoxy) is 2. The SMILES string of the molecule is CO[C@H]1CN(c2cccc(-c3ccc4cnc(CNC(=O)c5ccc6c(c5)S(=O)(=O)CCOC6)cc4n3)n2)C[C@H]1F. The van der Waals surface area contributed by atoms with Gasteiger partial charge in [-0.05, 0) is 48.0 Å². The van der Waals surface area contributed by atoms with Gasteiger partial charge < -0.3 is 19.7 Å². The Bertz CT molecular complexity index is 1730. The lowest BCUT2D eigenvalue weighted by Gasteiger charge is -2.17. The van der Waals surface area contributed by atoms with Gasteiger partial charge in [-0.25, -0.2) is 22.8 Å². The Morgan fingerprint density at radius 1 is 1.12 bits per heavy atom. The highest BCUT2D eigenvalue weighted by Gasteiger charge is 2.33. The lowest BCUT2D eigenvalue weighted by molar-refractivity contribution is 0.0650. The molecule has 1 aromatic carbocycles. The Labute approximate surface area is 236 Å². The third-order valence-corrected chi connectivity index (χ3v) is 9.06. The van der Waals surface area contributed by atoms with E-state index < -0.39 is 28.0 Å². The maximum Gasteiger partial charge on any atom is 0.251 e. The summed E-state index contributed by atoms with van der Waals surface area (Å²) in [5.41, 5.74) is 3.35. The number of amides is 1. The van der Waals surface area contributed by atoms with Gasteiger partial charge in [-0.15, -0.1) is 0 Å².